The maximum Gasteiger partial charge on any atom is 0.418 e. The molecule has 1 heterocycles. The molecule has 2 nitrogen and oxygen atoms in total. The fourth-order valence-corrected chi connectivity index (χ4v) is 2.41. The molecule has 0 bridgehead atoms. The van der Waals surface area contributed by atoms with Gasteiger partial charge in [0.25, 0.3) is 0 Å². The number of hydrogen-bond donors (Lipinski definition) is 1. The zero-order valence-electron chi connectivity index (χ0n) is 12.1. The number of anilines is 1. The first-order valence-corrected chi connectivity index (χ1v) is 6.87. The average molecular weight is 286 g/mol. The molecule has 20 heavy (non-hydrogen) atoms. The van der Waals surface area contributed by atoms with Crippen LogP contribution in [0.25, 0.3) is 0 Å². The van der Waals surface area contributed by atoms with Crippen LogP contribution in [0.15, 0.2) is 18.2 Å². The van der Waals surface area contributed by atoms with Crippen molar-refractivity contribution in [2.45, 2.75) is 32.4 Å². The molecule has 5 heteroatoms. The SMILES string of the molecule is CC(C)(C)c1ccc(N2CCNCC2)c(C(F)(F)F)c1. The van der Waals surface area contributed by atoms with Crippen LogP contribution in [0, 0.1) is 0 Å². The van der Waals surface area contributed by atoms with Gasteiger partial charge in [0.05, 0.1) is 5.56 Å². The molecule has 1 aromatic carbocycles. The lowest BCUT2D eigenvalue weighted by Crippen LogP contribution is -2.44. The first-order valence-electron chi connectivity index (χ1n) is 6.87. The number of halogens is 3. The molecule has 0 radical (unpaired) electrons. The van der Waals surface area contributed by atoms with E-state index >= 15 is 0 Å². The third-order valence-corrected chi connectivity index (χ3v) is 3.63. The van der Waals surface area contributed by atoms with Crippen LogP contribution < -0.4 is 10.2 Å². The van der Waals surface area contributed by atoms with Gasteiger partial charge in [0.2, 0.25) is 0 Å². The van der Waals surface area contributed by atoms with Crippen LogP contribution in [0.5, 0.6) is 0 Å². The highest BCUT2D eigenvalue weighted by atomic mass is 19.4. The largest absolute Gasteiger partial charge is 0.418 e. The second-order valence-electron chi connectivity index (χ2n) is 6.22. The molecule has 0 atom stereocenters. The highest BCUT2D eigenvalue weighted by Gasteiger charge is 2.36. The molecule has 1 aliphatic rings. The Balaban J connectivity index is 2.45. The molecule has 112 valence electrons. The Hall–Kier alpha value is -1.23. The van der Waals surface area contributed by atoms with Crippen molar-refractivity contribution in [1.29, 1.82) is 0 Å². The van der Waals surface area contributed by atoms with Gasteiger partial charge in [0.15, 0.2) is 0 Å². The van der Waals surface area contributed by atoms with Gasteiger partial charge in [-0.2, -0.15) is 13.2 Å². The highest BCUT2D eigenvalue weighted by molar-refractivity contribution is 5.57. The van der Waals surface area contributed by atoms with Gasteiger partial charge in [0, 0.05) is 31.9 Å². The Morgan fingerprint density at radius 1 is 1.05 bits per heavy atom. The minimum Gasteiger partial charge on any atom is -0.368 e. The summed E-state index contributed by atoms with van der Waals surface area (Å²) in [6.07, 6.45) is -4.32. The summed E-state index contributed by atoms with van der Waals surface area (Å²) in [5.41, 5.74) is 0.199. The molecule has 2 rings (SSSR count). The summed E-state index contributed by atoms with van der Waals surface area (Å²) in [4.78, 5) is 1.81. The summed E-state index contributed by atoms with van der Waals surface area (Å²) in [6.45, 7) is 8.43. The third-order valence-electron chi connectivity index (χ3n) is 3.63. The van der Waals surface area contributed by atoms with E-state index in [-0.39, 0.29) is 5.41 Å². The lowest BCUT2D eigenvalue weighted by Gasteiger charge is -2.32. The molecular weight excluding hydrogens is 265 g/mol. The Morgan fingerprint density at radius 3 is 2.15 bits per heavy atom. The third kappa shape index (κ3) is 3.26. The Morgan fingerprint density at radius 2 is 1.65 bits per heavy atom. The van der Waals surface area contributed by atoms with Gasteiger partial charge in [0.1, 0.15) is 0 Å². The van der Waals surface area contributed by atoms with E-state index in [9.17, 15) is 13.2 Å². The van der Waals surface area contributed by atoms with E-state index in [1.807, 2.05) is 31.7 Å². The van der Waals surface area contributed by atoms with Crippen molar-refractivity contribution in [3.63, 3.8) is 0 Å². The van der Waals surface area contributed by atoms with E-state index in [2.05, 4.69) is 5.32 Å². The van der Waals surface area contributed by atoms with Crippen LogP contribution in [0.4, 0.5) is 18.9 Å². The Bertz CT molecular complexity index is 469. The summed E-state index contributed by atoms with van der Waals surface area (Å²) in [5.74, 6) is 0. The van der Waals surface area contributed by atoms with E-state index in [1.165, 1.54) is 6.07 Å². The summed E-state index contributed by atoms with van der Waals surface area (Å²) in [6, 6.07) is 4.73. The van der Waals surface area contributed by atoms with Crippen LogP contribution >= 0.6 is 0 Å². The van der Waals surface area contributed by atoms with E-state index in [4.69, 9.17) is 0 Å². The summed E-state index contributed by atoms with van der Waals surface area (Å²) in [7, 11) is 0. The molecule has 0 aliphatic carbocycles. The molecule has 1 aliphatic heterocycles. The lowest BCUT2D eigenvalue weighted by molar-refractivity contribution is -0.137. The van der Waals surface area contributed by atoms with E-state index < -0.39 is 11.7 Å². The van der Waals surface area contributed by atoms with Gasteiger partial charge in [-0.15, -0.1) is 0 Å². The van der Waals surface area contributed by atoms with Crippen molar-refractivity contribution in [2.24, 2.45) is 0 Å². The Kier molecular flexibility index (Phi) is 4.00. The molecule has 0 saturated carbocycles. The van der Waals surface area contributed by atoms with Crippen LogP contribution in [0.2, 0.25) is 0 Å². The fourth-order valence-electron chi connectivity index (χ4n) is 2.41. The number of rotatable bonds is 1. The first kappa shape index (κ1) is 15.2. The van der Waals surface area contributed by atoms with E-state index in [0.717, 1.165) is 13.1 Å². The van der Waals surface area contributed by atoms with Crippen molar-refractivity contribution in [1.82, 2.24) is 5.32 Å². The smallest absolute Gasteiger partial charge is 0.368 e. The minimum atomic E-state index is -4.32. The quantitative estimate of drug-likeness (QED) is 0.851. The van der Waals surface area contributed by atoms with Gasteiger partial charge in [-0.25, -0.2) is 0 Å². The summed E-state index contributed by atoms with van der Waals surface area (Å²) < 4.78 is 40.0. The predicted molar refractivity (Wildman–Crippen MR) is 75.2 cm³/mol. The van der Waals surface area contributed by atoms with Crippen molar-refractivity contribution < 1.29 is 13.2 Å². The molecule has 0 amide bonds. The summed E-state index contributed by atoms with van der Waals surface area (Å²) in [5, 5.41) is 3.16. The van der Waals surface area contributed by atoms with Gasteiger partial charge in [-0.05, 0) is 23.1 Å². The molecule has 0 aromatic heterocycles. The fraction of sp³-hybridized carbons (Fsp3) is 0.600. The monoisotopic (exact) mass is 286 g/mol. The summed E-state index contributed by atoms with van der Waals surface area (Å²) >= 11 is 0. The van der Waals surface area contributed by atoms with E-state index in [0.29, 0.717) is 24.3 Å². The standard InChI is InChI=1S/C15H21F3N2/c1-14(2,3)11-4-5-13(12(10-11)15(16,17)18)20-8-6-19-7-9-20/h4-5,10,19H,6-9H2,1-3H3. The normalized spacial score (nSPS) is 17.4. The lowest BCUT2D eigenvalue weighted by atomic mass is 9.85. The van der Waals surface area contributed by atoms with Crippen molar-refractivity contribution in [3.8, 4) is 0 Å². The molecule has 1 fully saturated rings. The topological polar surface area (TPSA) is 15.3 Å². The van der Waals surface area contributed by atoms with Gasteiger partial charge >= 0.3 is 6.18 Å². The number of benzene rings is 1. The number of alkyl halides is 3. The zero-order valence-corrected chi connectivity index (χ0v) is 12.1. The van der Waals surface area contributed by atoms with E-state index in [1.54, 1.807) is 6.07 Å². The van der Waals surface area contributed by atoms with Gasteiger partial charge < -0.3 is 10.2 Å². The van der Waals surface area contributed by atoms with Gasteiger partial charge in [-0.3, -0.25) is 0 Å². The number of piperazine rings is 1. The molecule has 0 unspecified atom stereocenters. The molecule has 1 saturated heterocycles. The van der Waals surface area contributed by atoms with Gasteiger partial charge in [-0.1, -0.05) is 26.8 Å². The van der Waals surface area contributed by atoms with Crippen LogP contribution in [0.3, 0.4) is 0 Å². The first-order chi connectivity index (χ1) is 9.19. The number of hydrogen-bond acceptors (Lipinski definition) is 2. The Labute approximate surface area is 118 Å². The predicted octanol–water partition coefficient (Wildman–Crippen LogP) is 3.41. The molecular formula is C15H21F3N2. The molecule has 1 aromatic rings. The second-order valence-corrected chi connectivity index (χ2v) is 6.22. The second kappa shape index (κ2) is 5.28. The van der Waals surface area contributed by atoms with Crippen LogP contribution in [0.1, 0.15) is 31.9 Å². The van der Waals surface area contributed by atoms with Crippen LogP contribution in [-0.4, -0.2) is 26.2 Å². The minimum absolute atomic E-state index is 0.290. The van der Waals surface area contributed by atoms with Crippen molar-refractivity contribution >= 4 is 5.69 Å². The number of nitrogens with one attached hydrogen (secondary N) is 1. The maximum atomic E-state index is 13.3. The van der Waals surface area contributed by atoms with Crippen molar-refractivity contribution in [3.05, 3.63) is 29.3 Å². The average Bonchev–Trinajstić information content (AvgIpc) is 2.37. The zero-order chi connectivity index (χ0) is 15.0. The van der Waals surface area contributed by atoms with Crippen molar-refractivity contribution in [2.75, 3.05) is 31.1 Å². The van der Waals surface area contributed by atoms with Crippen LogP contribution in [-0.2, 0) is 11.6 Å². The highest BCUT2D eigenvalue weighted by Crippen LogP contribution is 2.39. The molecule has 1 N–H and O–H groups in total. The molecule has 0 spiro atoms. The number of nitrogens with zero attached hydrogens (tertiary/aromatic N) is 1. The maximum absolute atomic E-state index is 13.3.